The zero-order valence-electron chi connectivity index (χ0n) is 10.7. The maximum atomic E-state index is 8.83. The zero-order valence-corrected chi connectivity index (χ0v) is 11.5. The van der Waals surface area contributed by atoms with Crippen molar-refractivity contribution >= 4 is 11.6 Å². The van der Waals surface area contributed by atoms with Crippen molar-refractivity contribution in [3.63, 3.8) is 0 Å². The standard InChI is InChI=1S/C14H22ClNO/c1-3-4-12-5-7-13(8-6-12)14(15)11-16(2)9-10-17/h5-8,14,17H,3-4,9-11H2,1-2H3. The van der Waals surface area contributed by atoms with Gasteiger partial charge in [0.1, 0.15) is 0 Å². The molecule has 1 aromatic rings. The lowest BCUT2D eigenvalue weighted by Gasteiger charge is -2.19. The number of halogens is 1. The molecule has 1 rings (SSSR count). The second-order valence-electron chi connectivity index (χ2n) is 4.44. The van der Waals surface area contributed by atoms with E-state index < -0.39 is 0 Å². The molecule has 0 saturated heterocycles. The molecular weight excluding hydrogens is 234 g/mol. The molecule has 0 aliphatic carbocycles. The minimum absolute atomic E-state index is 0.0118. The number of likely N-dealkylation sites (N-methyl/N-ethyl adjacent to an activating group) is 1. The summed E-state index contributed by atoms with van der Waals surface area (Å²) < 4.78 is 0. The van der Waals surface area contributed by atoms with Gasteiger partial charge in [-0.25, -0.2) is 0 Å². The number of nitrogens with zero attached hydrogens (tertiary/aromatic N) is 1. The van der Waals surface area contributed by atoms with Gasteiger partial charge in [-0.1, -0.05) is 37.6 Å². The van der Waals surface area contributed by atoms with Crippen LogP contribution in [-0.4, -0.2) is 36.8 Å². The normalized spacial score (nSPS) is 13.0. The van der Waals surface area contributed by atoms with Gasteiger partial charge in [0, 0.05) is 13.1 Å². The van der Waals surface area contributed by atoms with E-state index in [1.807, 2.05) is 11.9 Å². The summed E-state index contributed by atoms with van der Waals surface area (Å²) >= 11 is 6.34. The number of aliphatic hydroxyl groups excluding tert-OH is 1. The maximum Gasteiger partial charge on any atom is 0.0712 e. The molecule has 17 heavy (non-hydrogen) atoms. The molecule has 0 bridgehead atoms. The summed E-state index contributed by atoms with van der Waals surface area (Å²) in [6, 6.07) is 8.52. The first-order chi connectivity index (χ1) is 8.17. The topological polar surface area (TPSA) is 23.5 Å². The predicted octanol–water partition coefficient (Wildman–Crippen LogP) is 2.84. The molecule has 0 aliphatic heterocycles. The van der Waals surface area contributed by atoms with Crippen LogP contribution in [0.5, 0.6) is 0 Å². The molecule has 1 unspecified atom stereocenters. The molecule has 0 amide bonds. The Labute approximate surface area is 109 Å². The first-order valence-corrected chi connectivity index (χ1v) is 6.63. The van der Waals surface area contributed by atoms with Crippen molar-refractivity contribution in [2.24, 2.45) is 0 Å². The summed E-state index contributed by atoms with van der Waals surface area (Å²) in [5.74, 6) is 0. The highest BCUT2D eigenvalue weighted by atomic mass is 35.5. The number of hydrogen-bond acceptors (Lipinski definition) is 2. The zero-order chi connectivity index (χ0) is 12.7. The summed E-state index contributed by atoms with van der Waals surface area (Å²) in [6.45, 7) is 3.78. The van der Waals surface area contributed by atoms with E-state index >= 15 is 0 Å². The van der Waals surface area contributed by atoms with E-state index in [1.165, 1.54) is 12.0 Å². The Kier molecular flexibility index (Phi) is 6.56. The third-order valence-electron chi connectivity index (χ3n) is 2.83. The van der Waals surface area contributed by atoms with Crippen molar-refractivity contribution in [3.8, 4) is 0 Å². The Morgan fingerprint density at radius 3 is 2.47 bits per heavy atom. The number of aryl methyl sites for hydroxylation is 1. The molecule has 96 valence electrons. The molecule has 1 aromatic carbocycles. The van der Waals surface area contributed by atoms with Crippen LogP contribution in [-0.2, 0) is 6.42 Å². The fourth-order valence-electron chi connectivity index (χ4n) is 1.82. The van der Waals surface area contributed by atoms with Gasteiger partial charge >= 0.3 is 0 Å². The highest BCUT2D eigenvalue weighted by Crippen LogP contribution is 2.21. The molecule has 0 radical (unpaired) electrons. The van der Waals surface area contributed by atoms with Crippen LogP contribution in [0.1, 0.15) is 29.8 Å². The van der Waals surface area contributed by atoms with Gasteiger partial charge in [-0.05, 0) is 24.6 Å². The van der Waals surface area contributed by atoms with Gasteiger partial charge in [-0.15, -0.1) is 11.6 Å². The highest BCUT2D eigenvalue weighted by Gasteiger charge is 2.10. The van der Waals surface area contributed by atoms with Gasteiger partial charge in [0.2, 0.25) is 0 Å². The van der Waals surface area contributed by atoms with Crippen LogP contribution in [0.15, 0.2) is 24.3 Å². The lowest BCUT2D eigenvalue weighted by Crippen LogP contribution is -2.25. The first-order valence-electron chi connectivity index (χ1n) is 6.19. The van der Waals surface area contributed by atoms with Crippen molar-refractivity contribution in [2.45, 2.75) is 25.1 Å². The van der Waals surface area contributed by atoms with Crippen molar-refractivity contribution < 1.29 is 5.11 Å². The number of rotatable bonds is 7. The third kappa shape index (κ3) is 5.07. The fraction of sp³-hybridized carbons (Fsp3) is 0.571. The predicted molar refractivity (Wildman–Crippen MR) is 73.6 cm³/mol. The summed E-state index contributed by atoms with van der Waals surface area (Å²) in [5.41, 5.74) is 2.51. The smallest absolute Gasteiger partial charge is 0.0712 e. The first kappa shape index (κ1) is 14.5. The SMILES string of the molecule is CCCc1ccc(C(Cl)CN(C)CCO)cc1. The third-order valence-corrected chi connectivity index (χ3v) is 3.22. The molecule has 3 heteroatoms. The quantitative estimate of drug-likeness (QED) is 0.758. The largest absolute Gasteiger partial charge is 0.395 e. The summed E-state index contributed by atoms with van der Waals surface area (Å²) in [5, 5.41) is 8.82. The Balaban J connectivity index is 2.53. The van der Waals surface area contributed by atoms with Crippen molar-refractivity contribution in [3.05, 3.63) is 35.4 Å². The molecule has 0 aromatic heterocycles. The molecule has 0 saturated carbocycles. The Bertz CT molecular complexity index is 313. The molecular formula is C14H22ClNO. The average molecular weight is 256 g/mol. The van der Waals surface area contributed by atoms with Crippen LogP contribution in [0.3, 0.4) is 0 Å². The lowest BCUT2D eigenvalue weighted by molar-refractivity contribution is 0.221. The van der Waals surface area contributed by atoms with Crippen LogP contribution in [0.25, 0.3) is 0 Å². The second-order valence-corrected chi connectivity index (χ2v) is 4.97. The van der Waals surface area contributed by atoms with E-state index in [2.05, 4.69) is 31.2 Å². The molecule has 0 spiro atoms. The maximum absolute atomic E-state index is 8.83. The number of alkyl halides is 1. The minimum Gasteiger partial charge on any atom is -0.395 e. The van der Waals surface area contributed by atoms with E-state index in [0.717, 1.165) is 18.5 Å². The van der Waals surface area contributed by atoms with E-state index in [0.29, 0.717) is 6.54 Å². The Hall–Kier alpha value is -0.570. The number of benzene rings is 1. The van der Waals surface area contributed by atoms with Crippen LogP contribution in [0.4, 0.5) is 0 Å². The van der Waals surface area contributed by atoms with Crippen molar-refractivity contribution in [1.29, 1.82) is 0 Å². The van der Waals surface area contributed by atoms with E-state index in [9.17, 15) is 0 Å². The molecule has 1 N–H and O–H groups in total. The van der Waals surface area contributed by atoms with E-state index in [-0.39, 0.29) is 12.0 Å². The molecule has 0 heterocycles. The van der Waals surface area contributed by atoms with E-state index in [1.54, 1.807) is 0 Å². The van der Waals surface area contributed by atoms with Gasteiger partial charge in [0.15, 0.2) is 0 Å². The van der Waals surface area contributed by atoms with Crippen LogP contribution in [0.2, 0.25) is 0 Å². The highest BCUT2D eigenvalue weighted by molar-refractivity contribution is 6.21. The van der Waals surface area contributed by atoms with Gasteiger partial charge < -0.3 is 10.0 Å². The fourth-order valence-corrected chi connectivity index (χ4v) is 2.20. The number of hydrogen-bond donors (Lipinski definition) is 1. The van der Waals surface area contributed by atoms with Gasteiger partial charge in [0.25, 0.3) is 0 Å². The van der Waals surface area contributed by atoms with E-state index in [4.69, 9.17) is 16.7 Å². The van der Waals surface area contributed by atoms with Crippen LogP contribution < -0.4 is 0 Å². The van der Waals surface area contributed by atoms with Gasteiger partial charge in [-0.3, -0.25) is 0 Å². The van der Waals surface area contributed by atoms with Crippen molar-refractivity contribution in [2.75, 3.05) is 26.7 Å². The Morgan fingerprint density at radius 2 is 1.94 bits per heavy atom. The van der Waals surface area contributed by atoms with Crippen LogP contribution in [0, 0.1) is 0 Å². The average Bonchev–Trinajstić information content (AvgIpc) is 2.30. The van der Waals surface area contributed by atoms with Crippen molar-refractivity contribution in [1.82, 2.24) is 4.90 Å². The lowest BCUT2D eigenvalue weighted by atomic mass is 10.1. The molecule has 1 atom stereocenters. The Morgan fingerprint density at radius 1 is 1.29 bits per heavy atom. The van der Waals surface area contributed by atoms with Gasteiger partial charge in [0.05, 0.1) is 12.0 Å². The molecule has 0 fully saturated rings. The summed E-state index contributed by atoms with van der Waals surface area (Å²) in [7, 11) is 1.97. The number of aliphatic hydroxyl groups is 1. The summed E-state index contributed by atoms with van der Waals surface area (Å²) in [4.78, 5) is 2.04. The molecule has 2 nitrogen and oxygen atoms in total. The van der Waals surface area contributed by atoms with Gasteiger partial charge in [-0.2, -0.15) is 0 Å². The monoisotopic (exact) mass is 255 g/mol. The van der Waals surface area contributed by atoms with Crippen LogP contribution >= 0.6 is 11.6 Å². The minimum atomic E-state index is -0.0118. The second kappa shape index (κ2) is 7.70. The summed E-state index contributed by atoms with van der Waals surface area (Å²) in [6.07, 6.45) is 2.29. The molecule has 0 aliphatic rings.